The van der Waals surface area contributed by atoms with E-state index in [-0.39, 0.29) is 68.2 Å². The molecular formula is C54H80N6O17S. The van der Waals surface area contributed by atoms with Gasteiger partial charge in [0.15, 0.2) is 5.78 Å². The van der Waals surface area contributed by atoms with Crippen LogP contribution in [0.5, 0.6) is 5.75 Å². The molecule has 0 aromatic heterocycles. The van der Waals surface area contributed by atoms with Gasteiger partial charge in [-0.1, -0.05) is 6.42 Å². The highest BCUT2D eigenvalue weighted by Crippen LogP contribution is 2.33. The molecule has 3 aliphatic rings. The van der Waals surface area contributed by atoms with E-state index in [4.69, 9.17) is 47.5 Å². The lowest BCUT2D eigenvalue weighted by atomic mass is 10.0. The number of nitrogens with zero attached hydrogens (tertiary/aromatic N) is 1. The number of urea groups is 1. The molecule has 0 saturated carbocycles. The van der Waals surface area contributed by atoms with E-state index in [9.17, 15) is 33.6 Å². The smallest absolute Gasteiger partial charge is 0.358 e. The quantitative estimate of drug-likeness (QED) is 0.0275. The second-order valence-corrected chi connectivity index (χ2v) is 19.6. The summed E-state index contributed by atoms with van der Waals surface area (Å²) in [6.07, 6.45) is 6.70. The van der Waals surface area contributed by atoms with Crippen LogP contribution in [0, 0.1) is 0 Å². The van der Waals surface area contributed by atoms with Crippen molar-refractivity contribution in [2.24, 2.45) is 0 Å². The molecule has 1 unspecified atom stereocenters. The lowest BCUT2D eigenvalue weighted by molar-refractivity contribution is -0.200. The Morgan fingerprint density at radius 1 is 0.538 bits per heavy atom. The molecule has 5 rings (SSSR count). The number of hydrogen-bond donors (Lipinski definition) is 5. The minimum Gasteiger partial charge on any atom is -0.494 e. The third-order valence-electron chi connectivity index (χ3n) is 12.2. The third-order valence-corrected chi connectivity index (χ3v) is 13.7. The summed E-state index contributed by atoms with van der Waals surface area (Å²) < 4.78 is 49.7. The molecule has 3 saturated heterocycles. The van der Waals surface area contributed by atoms with E-state index < -0.39 is 17.8 Å². The first-order valence-corrected chi connectivity index (χ1v) is 28.2. The average molecular weight is 1120 g/mol. The molecule has 5 N–H and O–H groups in total. The van der Waals surface area contributed by atoms with Crippen LogP contribution in [-0.2, 0) is 66.7 Å². The Hall–Kier alpha value is -5.44. The number of imide groups is 1. The number of nitrogens with one attached hydrogen (secondary N) is 5. The van der Waals surface area contributed by atoms with Gasteiger partial charge in [-0.25, -0.2) is 9.59 Å². The van der Waals surface area contributed by atoms with E-state index in [0.717, 1.165) is 50.0 Å². The lowest BCUT2D eigenvalue weighted by Gasteiger charge is -2.16. The van der Waals surface area contributed by atoms with Crippen molar-refractivity contribution >= 4 is 58.9 Å². The Kier molecular flexibility index (Phi) is 31.7. The van der Waals surface area contributed by atoms with Crippen LogP contribution < -0.4 is 31.3 Å². The minimum atomic E-state index is -0.809. The zero-order chi connectivity index (χ0) is 55.3. The number of ketones is 1. The maximum absolute atomic E-state index is 13.1. The van der Waals surface area contributed by atoms with Crippen LogP contribution in [0.25, 0.3) is 0 Å². The van der Waals surface area contributed by atoms with Gasteiger partial charge >= 0.3 is 12.0 Å². The van der Waals surface area contributed by atoms with Gasteiger partial charge in [-0.2, -0.15) is 11.8 Å². The monoisotopic (exact) mass is 1120 g/mol. The van der Waals surface area contributed by atoms with E-state index in [0.29, 0.717) is 159 Å². The fraction of sp³-hybridized carbons (Fsp3) is 0.648. The summed E-state index contributed by atoms with van der Waals surface area (Å²) in [4.78, 5) is 88.2. The van der Waals surface area contributed by atoms with Crippen molar-refractivity contribution < 1.29 is 81.0 Å². The van der Waals surface area contributed by atoms with Gasteiger partial charge in [-0.3, -0.25) is 24.0 Å². The van der Waals surface area contributed by atoms with Gasteiger partial charge in [-0.15, -0.1) is 5.06 Å². The molecule has 3 fully saturated rings. The maximum Gasteiger partial charge on any atom is 0.358 e. The zero-order valence-corrected chi connectivity index (χ0v) is 45.6. The second kappa shape index (κ2) is 39.0. The number of ether oxygens (including phenoxy) is 9. The van der Waals surface area contributed by atoms with Crippen molar-refractivity contribution in [2.75, 3.05) is 143 Å². The van der Waals surface area contributed by atoms with Gasteiger partial charge < -0.3 is 74.1 Å². The Morgan fingerprint density at radius 2 is 1.10 bits per heavy atom. The number of carbonyl (C=O) groups excluding carboxylic acids is 7. The molecule has 0 aliphatic carbocycles. The highest BCUT2D eigenvalue weighted by Gasteiger charge is 2.42. The molecule has 2 aromatic rings. The molecule has 434 valence electrons. The average Bonchev–Trinajstić information content (AvgIpc) is 4.11. The zero-order valence-electron chi connectivity index (χ0n) is 44.8. The van der Waals surface area contributed by atoms with Crippen LogP contribution in [-0.4, -0.2) is 202 Å². The molecule has 78 heavy (non-hydrogen) atoms. The number of hydrogen-bond acceptors (Lipinski definition) is 19. The number of fused-ring (bicyclic) bond motifs is 1. The van der Waals surface area contributed by atoms with Gasteiger partial charge in [0.1, 0.15) is 12.4 Å². The van der Waals surface area contributed by atoms with Crippen LogP contribution >= 0.6 is 11.8 Å². The molecule has 0 bridgehead atoms. The number of benzene rings is 2. The van der Waals surface area contributed by atoms with Crippen molar-refractivity contribution in [1.82, 2.24) is 26.3 Å². The number of carbonyl (C=O) groups is 7. The Bertz CT molecular complexity index is 2070. The molecule has 0 spiro atoms. The van der Waals surface area contributed by atoms with E-state index in [1.807, 2.05) is 23.9 Å². The van der Waals surface area contributed by atoms with Gasteiger partial charge in [0.2, 0.25) is 11.8 Å². The molecule has 3 heterocycles. The predicted octanol–water partition coefficient (Wildman–Crippen LogP) is 3.36. The van der Waals surface area contributed by atoms with E-state index in [2.05, 4.69) is 26.6 Å². The first kappa shape index (κ1) is 63.4. The summed E-state index contributed by atoms with van der Waals surface area (Å²) in [7, 11) is 0. The largest absolute Gasteiger partial charge is 0.494 e. The highest BCUT2D eigenvalue weighted by atomic mass is 32.2. The van der Waals surface area contributed by atoms with Crippen LogP contribution in [0.1, 0.15) is 86.6 Å². The highest BCUT2D eigenvalue weighted by molar-refractivity contribution is 8.00. The lowest BCUT2D eigenvalue weighted by Crippen LogP contribution is -2.36. The Morgan fingerprint density at radius 3 is 1.77 bits per heavy atom. The normalized spacial score (nSPS) is 16.7. The number of rotatable bonds is 46. The molecule has 6 amide bonds. The Labute approximate surface area is 461 Å². The molecule has 2 aromatic carbocycles. The number of anilines is 1. The predicted molar refractivity (Wildman–Crippen MR) is 287 cm³/mol. The summed E-state index contributed by atoms with van der Waals surface area (Å²) in [5.74, 6) is -0.372. The number of unbranched alkanes of at least 4 members (excludes halogenated alkanes) is 3. The van der Waals surface area contributed by atoms with Crippen LogP contribution in [0.4, 0.5) is 10.5 Å². The van der Waals surface area contributed by atoms with Gasteiger partial charge in [0, 0.05) is 86.3 Å². The van der Waals surface area contributed by atoms with Crippen LogP contribution in [0.3, 0.4) is 0 Å². The van der Waals surface area contributed by atoms with Crippen molar-refractivity contribution in [3.05, 3.63) is 59.7 Å². The molecular weight excluding hydrogens is 1040 g/mol. The van der Waals surface area contributed by atoms with Crippen LogP contribution in [0.2, 0.25) is 0 Å². The van der Waals surface area contributed by atoms with Crippen molar-refractivity contribution in [2.45, 2.75) is 88.0 Å². The van der Waals surface area contributed by atoms with E-state index in [1.54, 1.807) is 36.4 Å². The molecule has 3 aliphatic heterocycles. The fourth-order valence-electron chi connectivity index (χ4n) is 8.08. The van der Waals surface area contributed by atoms with Crippen LogP contribution in [0.15, 0.2) is 48.5 Å². The van der Waals surface area contributed by atoms with E-state index in [1.165, 1.54) is 0 Å². The van der Waals surface area contributed by atoms with Gasteiger partial charge in [0.05, 0.1) is 105 Å². The molecule has 24 heteroatoms. The third kappa shape index (κ3) is 26.5. The summed E-state index contributed by atoms with van der Waals surface area (Å²) in [5, 5.41) is 15.9. The Balaban J connectivity index is 0.719. The SMILES string of the molecule is O=C(CCCCC1SC[C@@H]2NC(=O)N[C@@H]12)NCCOCCOCCOCCOCCC(=O)NCCCCCOc1ccc(C(=O)c2ccc(NCCOCCOCCOCCCOCC(=O)ON3C(=O)CCC3=O)cc2)cc1. The fourth-order valence-corrected chi connectivity index (χ4v) is 9.63. The van der Waals surface area contributed by atoms with Crippen molar-refractivity contribution in [1.29, 1.82) is 0 Å². The standard InChI is InChI=1S/C54H80N6O17S/c61-47(8-3-2-7-46-52-45(40-78-46)58-54(67)59-52)57-22-28-71-32-36-74-38-37-73-34-30-69-26-19-48(62)56-20-4-1-5-25-76-44-15-11-42(12-16-44)53(66)41-9-13-43(14-10-41)55-21-27-70-31-35-72-33-29-68-23-6-24-75-39-51(65)77-60-49(63)17-18-50(60)64/h9-16,45-46,52,55H,1-8,17-40H2,(H,56,62)(H,57,61)(H2,58,59,67)/t45-,46?,52+/m0/s1. The van der Waals surface area contributed by atoms with Gasteiger partial charge in [-0.05, 0) is 87.1 Å². The van der Waals surface area contributed by atoms with Gasteiger partial charge in [0.25, 0.3) is 11.8 Å². The molecule has 0 radical (unpaired) electrons. The minimum absolute atomic E-state index is 0.0237. The molecule has 23 nitrogen and oxygen atoms in total. The topological polar surface area (TPSA) is 275 Å². The first-order valence-electron chi connectivity index (χ1n) is 27.2. The summed E-state index contributed by atoms with van der Waals surface area (Å²) in [5.41, 5.74) is 2.00. The maximum atomic E-state index is 13.1. The first-order chi connectivity index (χ1) is 38.2. The summed E-state index contributed by atoms with van der Waals surface area (Å²) in [6, 6.07) is 14.8. The second-order valence-electron chi connectivity index (χ2n) is 18.3. The number of hydroxylamine groups is 2. The van der Waals surface area contributed by atoms with Crippen molar-refractivity contribution in [3.8, 4) is 5.75 Å². The summed E-state index contributed by atoms with van der Waals surface area (Å²) in [6.45, 7) is 7.78. The van der Waals surface area contributed by atoms with E-state index >= 15 is 0 Å². The van der Waals surface area contributed by atoms with Crippen molar-refractivity contribution in [3.63, 3.8) is 0 Å². The molecule has 3 atom stereocenters. The summed E-state index contributed by atoms with van der Waals surface area (Å²) >= 11 is 1.89. The number of amides is 6. The number of thioether (sulfide) groups is 1.